The number of rotatable bonds is 8. The molecule has 0 N–H and O–H groups in total. The quantitative estimate of drug-likeness (QED) is 0.345. The number of esters is 1. The lowest BCUT2D eigenvalue weighted by atomic mass is 9.96. The first-order valence-corrected chi connectivity index (χ1v) is 12.4. The van der Waals surface area contributed by atoms with E-state index >= 15 is 0 Å². The van der Waals surface area contributed by atoms with Crippen LogP contribution >= 0.6 is 11.3 Å². The second-order valence-electron chi connectivity index (χ2n) is 8.19. The molecule has 7 nitrogen and oxygen atoms in total. The molecule has 0 radical (unpaired) electrons. The van der Waals surface area contributed by atoms with E-state index in [1.807, 2.05) is 55.5 Å². The highest BCUT2D eigenvalue weighted by Crippen LogP contribution is 2.31. The summed E-state index contributed by atoms with van der Waals surface area (Å²) in [5.41, 5.74) is 3.29. The summed E-state index contributed by atoms with van der Waals surface area (Å²) in [6.07, 6.45) is 3.52. The van der Waals surface area contributed by atoms with Crippen LogP contribution in [0.5, 0.6) is 11.5 Å². The van der Waals surface area contributed by atoms with Crippen LogP contribution in [-0.4, -0.2) is 30.9 Å². The lowest BCUT2D eigenvalue weighted by Crippen LogP contribution is -2.39. The van der Waals surface area contributed by atoms with Gasteiger partial charge in [-0.1, -0.05) is 42.2 Å². The minimum Gasteiger partial charge on any atom is -0.497 e. The number of methoxy groups -OCH3 is 1. The minimum atomic E-state index is -0.673. The number of nitrogens with zero attached hydrogens (tertiary/aromatic N) is 2. The predicted molar refractivity (Wildman–Crippen MR) is 140 cm³/mol. The molecule has 0 fully saturated rings. The molecular weight excluding hydrogens is 476 g/mol. The van der Waals surface area contributed by atoms with Crippen LogP contribution in [0, 0.1) is 6.92 Å². The van der Waals surface area contributed by atoms with Crippen LogP contribution in [0.1, 0.15) is 36.6 Å². The van der Waals surface area contributed by atoms with Crippen molar-refractivity contribution in [2.24, 2.45) is 4.99 Å². The molecule has 4 rings (SSSR count). The first-order chi connectivity index (χ1) is 17.4. The molecule has 2 heterocycles. The topological polar surface area (TPSA) is 79.1 Å². The number of carbonyl (C=O) groups is 1. The monoisotopic (exact) mass is 504 g/mol. The van der Waals surface area contributed by atoms with E-state index in [9.17, 15) is 9.59 Å². The summed E-state index contributed by atoms with van der Waals surface area (Å²) in [5.74, 6) is 0.928. The zero-order valence-electron chi connectivity index (χ0n) is 20.7. The van der Waals surface area contributed by atoms with E-state index in [-0.39, 0.29) is 12.2 Å². The van der Waals surface area contributed by atoms with Gasteiger partial charge in [0.05, 0.1) is 35.6 Å². The predicted octanol–water partition coefficient (Wildman–Crippen LogP) is 3.68. The van der Waals surface area contributed by atoms with E-state index in [0.29, 0.717) is 33.0 Å². The lowest BCUT2D eigenvalue weighted by molar-refractivity contribution is -0.139. The van der Waals surface area contributed by atoms with Crippen LogP contribution in [0.2, 0.25) is 0 Å². The highest BCUT2D eigenvalue weighted by molar-refractivity contribution is 7.07. The van der Waals surface area contributed by atoms with E-state index in [1.165, 1.54) is 11.3 Å². The average Bonchev–Trinajstić information content (AvgIpc) is 3.17. The number of carbonyl (C=O) groups excluding carboxylic acids is 1. The maximum absolute atomic E-state index is 13.7. The van der Waals surface area contributed by atoms with Crippen molar-refractivity contribution in [1.82, 2.24) is 4.57 Å². The molecule has 8 heteroatoms. The van der Waals surface area contributed by atoms with Crippen molar-refractivity contribution in [3.05, 3.63) is 103 Å². The largest absolute Gasteiger partial charge is 0.497 e. The number of aryl methyl sites for hydroxylation is 1. The van der Waals surface area contributed by atoms with E-state index in [0.717, 1.165) is 22.4 Å². The molecule has 36 heavy (non-hydrogen) atoms. The van der Waals surface area contributed by atoms with Gasteiger partial charge in [0, 0.05) is 0 Å². The standard InChI is InChI=1S/C28H28N2O5S/c1-6-14-35-21-11-8-19(9-12-21)25-24(27(32)34-7-2)18(4)29-28-30(25)26(31)23(36-28)16-20-10-13-22(33-5)15-17(20)3/h6,8-13,15-16,25H,1,7,14H2,2-5H3/b23-16-/t25-/m1/s1. The summed E-state index contributed by atoms with van der Waals surface area (Å²) >= 11 is 1.29. The van der Waals surface area contributed by atoms with Crippen LogP contribution < -0.4 is 24.4 Å². The molecule has 2 aromatic carbocycles. The number of allylic oxidation sites excluding steroid dienone is 1. The molecule has 3 aromatic rings. The fourth-order valence-corrected chi connectivity index (χ4v) is 5.12. The van der Waals surface area contributed by atoms with E-state index in [1.54, 1.807) is 31.6 Å². The second kappa shape index (κ2) is 10.8. The van der Waals surface area contributed by atoms with Gasteiger partial charge in [0.2, 0.25) is 0 Å². The van der Waals surface area contributed by atoms with Crippen LogP contribution in [0.3, 0.4) is 0 Å². The van der Waals surface area contributed by atoms with Crippen molar-refractivity contribution in [2.75, 3.05) is 20.3 Å². The minimum absolute atomic E-state index is 0.220. The van der Waals surface area contributed by atoms with Gasteiger partial charge >= 0.3 is 5.97 Å². The molecule has 0 saturated heterocycles. The Balaban J connectivity index is 1.88. The Kier molecular flexibility index (Phi) is 7.55. The molecule has 0 saturated carbocycles. The summed E-state index contributed by atoms with van der Waals surface area (Å²) in [7, 11) is 1.62. The lowest BCUT2D eigenvalue weighted by Gasteiger charge is -2.24. The Bertz CT molecular complexity index is 1510. The number of hydrogen-bond donors (Lipinski definition) is 0. The molecule has 0 unspecified atom stereocenters. The van der Waals surface area contributed by atoms with E-state index < -0.39 is 12.0 Å². The zero-order valence-corrected chi connectivity index (χ0v) is 21.6. The second-order valence-corrected chi connectivity index (χ2v) is 9.20. The number of thiazole rings is 1. The van der Waals surface area contributed by atoms with Gasteiger partial charge in [-0.05, 0) is 67.8 Å². The summed E-state index contributed by atoms with van der Waals surface area (Å²) in [4.78, 5) is 31.9. The van der Waals surface area contributed by atoms with Crippen LogP contribution in [-0.2, 0) is 9.53 Å². The summed E-state index contributed by atoms with van der Waals surface area (Å²) < 4.78 is 18.3. The van der Waals surface area contributed by atoms with Gasteiger partial charge in [0.15, 0.2) is 4.80 Å². The highest BCUT2D eigenvalue weighted by atomic mass is 32.1. The van der Waals surface area contributed by atoms with Gasteiger partial charge in [0.25, 0.3) is 5.56 Å². The molecule has 0 bridgehead atoms. The van der Waals surface area contributed by atoms with Gasteiger partial charge in [-0.15, -0.1) is 0 Å². The number of hydrogen-bond acceptors (Lipinski definition) is 7. The molecule has 1 aliphatic heterocycles. The highest BCUT2D eigenvalue weighted by Gasteiger charge is 2.33. The van der Waals surface area contributed by atoms with Crippen molar-refractivity contribution in [3.63, 3.8) is 0 Å². The van der Waals surface area contributed by atoms with Crippen molar-refractivity contribution in [3.8, 4) is 11.5 Å². The zero-order chi connectivity index (χ0) is 25.8. The fourth-order valence-electron chi connectivity index (χ4n) is 4.09. The maximum Gasteiger partial charge on any atom is 0.338 e. The Morgan fingerprint density at radius 3 is 2.53 bits per heavy atom. The molecule has 1 atom stereocenters. The van der Waals surface area contributed by atoms with Crippen molar-refractivity contribution < 1.29 is 19.0 Å². The first kappa shape index (κ1) is 25.2. The molecule has 0 amide bonds. The Hall–Kier alpha value is -3.91. The SMILES string of the molecule is C=CCOc1ccc([C@@H]2C(C(=O)OCC)=C(C)N=c3s/c(=C\c4ccc(OC)cc4C)c(=O)n32)cc1. The van der Waals surface area contributed by atoms with Crippen molar-refractivity contribution >= 4 is 23.4 Å². The molecule has 0 spiro atoms. The molecule has 186 valence electrons. The number of benzene rings is 2. The fraction of sp³-hybridized carbons (Fsp3) is 0.250. The van der Waals surface area contributed by atoms with Crippen molar-refractivity contribution in [2.45, 2.75) is 26.8 Å². The maximum atomic E-state index is 13.7. The number of aromatic nitrogens is 1. The third kappa shape index (κ3) is 4.90. The van der Waals surface area contributed by atoms with E-state index in [2.05, 4.69) is 11.6 Å². The van der Waals surface area contributed by atoms with Crippen LogP contribution in [0.25, 0.3) is 6.08 Å². The van der Waals surface area contributed by atoms with Crippen LogP contribution in [0.15, 0.2) is 76.2 Å². The Morgan fingerprint density at radius 1 is 1.17 bits per heavy atom. The Labute approximate surface area is 213 Å². The molecule has 1 aromatic heterocycles. The molecular formula is C28H28N2O5S. The summed E-state index contributed by atoms with van der Waals surface area (Å²) in [5, 5.41) is 0. The van der Waals surface area contributed by atoms with E-state index in [4.69, 9.17) is 14.2 Å². The third-order valence-electron chi connectivity index (χ3n) is 5.84. The van der Waals surface area contributed by atoms with Gasteiger partial charge in [0.1, 0.15) is 18.1 Å². The normalized spacial score (nSPS) is 15.2. The molecule has 1 aliphatic rings. The van der Waals surface area contributed by atoms with Gasteiger partial charge in [-0.2, -0.15) is 0 Å². The Morgan fingerprint density at radius 2 is 1.89 bits per heavy atom. The van der Waals surface area contributed by atoms with Crippen LogP contribution in [0.4, 0.5) is 0 Å². The van der Waals surface area contributed by atoms with Gasteiger partial charge < -0.3 is 14.2 Å². The van der Waals surface area contributed by atoms with Gasteiger partial charge in [-0.25, -0.2) is 9.79 Å². The number of fused-ring (bicyclic) bond motifs is 1. The average molecular weight is 505 g/mol. The van der Waals surface area contributed by atoms with Gasteiger partial charge in [-0.3, -0.25) is 9.36 Å². The summed E-state index contributed by atoms with van der Waals surface area (Å²) in [6, 6.07) is 12.4. The third-order valence-corrected chi connectivity index (χ3v) is 6.83. The number of ether oxygens (including phenoxy) is 3. The summed E-state index contributed by atoms with van der Waals surface area (Å²) in [6.45, 7) is 9.75. The first-order valence-electron chi connectivity index (χ1n) is 11.6. The smallest absolute Gasteiger partial charge is 0.338 e. The molecule has 0 aliphatic carbocycles. The van der Waals surface area contributed by atoms with Crippen molar-refractivity contribution in [1.29, 1.82) is 0 Å².